The highest BCUT2D eigenvalue weighted by Gasteiger charge is 2.30. The Morgan fingerprint density at radius 1 is 1.56 bits per heavy atom. The van der Waals surface area contributed by atoms with Crippen LogP contribution in [0, 0.1) is 0 Å². The van der Waals surface area contributed by atoms with Crippen molar-refractivity contribution in [2.75, 3.05) is 0 Å². The first-order valence-electron chi connectivity index (χ1n) is 4.60. The minimum absolute atomic E-state index is 0.0296. The van der Waals surface area contributed by atoms with Crippen molar-refractivity contribution in [1.82, 2.24) is 20.4 Å². The highest BCUT2D eigenvalue weighted by Crippen LogP contribution is 2.15. The minimum atomic E-state index is -1.81. The molecule has 0 aromatic carbocycles. The van der Waals surface area contributed by atoms with Crippen LogP contribution in [0.15, 0.2) is 12.3 Å². The van der Waals surface area contributed by atoms with Gasteiger partial charge in [-0.05, 0) is 18.6 Å². The van der Waals surface area contributed by atoms with E-state index in [1.54, 1.807) is 6.07 Å². The number of carboxylic acid groups (broad SMARTS) is 1. The third-order valence-electron chi connectivity index (χ3n) is 2.24. The van der Waals surface area contributed by atoms with E-state index in [1.807, 2.05) is 0 Å². The first kappa shape index (κ1) is 10.5. The lowest BCUT2D eigenvalue weighted by Crippen LogP contribution is -2.37. The van der Waals surface area contributed by atoms with Gasteiger partial charge in [0.05, 0.1) is 0 Å². The summed E-state index contributed by atoms with van der Waals surface area (Å²) in [4.78, 5) is 14.7. The highest BCUT2D eigenvalue weighted by atomic mass is 16.4. The van der Waals surface area contributed by atoms with Gasteiger partial charge in [-0.15, -0.1) is 5.10 Å². The monoisotopic (exact) mass is 222 g/mol. The largest absolute Gasteiger partial charge is 0.479 e. The molecule has 0 aliphatic heterocycles. The number of hydrogen-bond acceptors (Lipinski definition) is 5. The van der Waals surface area contributed by atoms with Gasteiger partial charge in [0.25, 0.3) is 0 Å². The van der Waals surface area contributed by atoms with Gasteiger partial charge in [0, 0.05) is 12.6 Å². The molecule has 0 radical (unpaired) electrons. The molecule has 7 heteroatoms. The van der Waals surface area contributed by atoms with Crippen molar-refractivity contribution in [2.45, 2.75) is 18.9 Å². The molecule has 1 atom stereocenters. The summed E-state index contributed by atoms with van der Waals surface area (Å²) in [6, 6.07) is 1.64. The van der Waals surface area contributed by atoms with Gasteiger partial charge in [-0.1, -0.05) is 0 Å². The lowest BCUT2D eigenvalue weighted by atomic mass is 9.98. The van der Waals surface area contributed by atoms with Crippen LogP contribution in [-0.4, -0.2) is 42.2 Å². The van der Waals surface area contributed by atoms with Gasteiger partial charge in [0.2, 0.25) is 5.65 Å². The van der Waals surface area contributed by atoms with E-state index in [0.29, 0.717) is 16.7 Å². The average Bonchev–Trinajstić information content (AvgIpc) is 2.63. The molecule has 2 heterocycles. The van der Waals surface area contributed by atoms with E-state index in [1.165, 1.54) is 13.1 Å². The fraction of sp³-hybridized carbons (Fsp3) is 0.333. The molecule has 0 bridgehead atoms. The fourth-order valence-electron chi connectivity index (χ4n) is 1.35. The highest BCUT2D eigenvalue weighted by molar-refractivity contribution is 5.77. The summed E-state index contributed by atoms with van der Waals surface area (Å²) < 4.78 is 0. The second-order valence-electron chi connectivity index (χ2n) is 3.77. The van der Waals surface area contributed by atoms with Crippen LogP contribution >= 0.6 is 0 Å². The van der Waals surface area contributed by atoms with Crippen molar-refractivity contribution >= 4 is 17.1 Å². The summed E-state index contributed by atoms with van der Waals surface area (Å²) in [5, 5.41) is 28.4. The SMILES string of the molecule is CC(O)(Cc1cnc2n[nH]nc2c1)C(=O)O. The second kappa shape index (κ2) is 3.53. The zero-order chi connectivity index (χ0) is 11.8. The van der Waals surface area contributed by atoms with E-state index in [0.717, 1.165) is 0 Å². The average molecular weight is 222 g/mol. The summed E-state index contributed by atoms with van der Waals surface area (Å²) in [6.07, 6.45) is 1.44. The van der Waals surface area contributed by atoms with E-state index in [9.17, 15) is 9.90 Å². The van der Waals surface area contributed by atoms with Crippen molar-refractivity contribution in [3.63, 3.8) is 0 Å². The van der Waals surface area contributed by atoms with E-state index in [2.05, 4.69) is 20.4 Å². The number of pyridine rings is 1. The Hall–Kier alpha value is -2.02. The van der Waals surface area contributed by atoms with E-state index >= 15 is 0 Å². The van der Waals surface area contributed by atoms with Gasteiger partial charge < -0.3 is 10.2 Å². The number of aromatic amines is 1. The number of aliphatic carboxylic acids is 1. The summed E-state index contributed by atoms with van der Waals surface area (Å²) in [6.45, 7) is 1.24. The van der Waals surface area contributed by atoms with Gasteiger partial charge in [0.15, 0.2) is 5.60 Å². The maximum atomic E-state index is 10.7. The van der Waals surface area contributed by atoms with E-state index in [-0.39, 0.29) is 6.42 Å². The summed E-state index contributed by atoms with van der Waals surface area (Å²) in [5.74, 6) is -1.27. The van der Waals surface area contributed by atoms with E-state index in [4.69, 9.17) is 5.11 Å². The molecule has 16 heavy (non-hydrogen) atoms. The van der Waals surface area contributed by atoms with Crippen molar-refractivity contribution in [2.24, 2.45) is 0 Å². The molecule has 1 unspecified atom stereocenters. The molecule has 0 amide bonds. The number of aliphatic hydroxyl groups is 1. The standard InChI is InChI=1S/C9H10N4O3/c1-9(16,8(14)15)3-5-2-6-7(10-4-5)12-13-11-6/h2,4,16H,3H2,1H3,(H,14,15)(H,10,11,12,13). The van der Waals surface area contributed by atoms with Crippen LogP contribution in [0.2, 0.25) is 0 Å². The molecule has 0 spiro atoms. The Kier molecular flexibility index (Phi) is 2.31. The number of nitrogens with one attached hydrogen (secondary N) is 1. The molecule has 0 aliphatic carbocycles. The number of aromatic nitrogens is 4. The van der Waals surface area contributed by atoms with Crippen LogP contribution in [0.4, 0.5) is 0 Å². The number of nitrogens with zero attached hydrogens (tertiary/aromatic N) is 3. The zero-order valence-corrected chi connectivity index (χ0v) is 8.51. The molecule has 7 nitrogen and oxygen atoms in total. The van der Waals surface area contributed by atoms with Crippen molar-refractivity contribution in [3.05, 3.63) is 17.8 Å². The van der Waals surface area contributed by atoms with Gasteiger partial charge in [-0.2, -0.15) is 10.3 Å². The first-order chi connectivity index (χ1) is 7.49. The number of H-pyrrole nitrogens is 1. The molecule has 2 aromatic rings. The van der Waals surface area contributed by atoms with Crippen LogP contribution in [0.25, 0.3) is 11.2 Å². The molecule has 0 fully saturated rings. The molecule has 3 N–H and O–H groups in total. The van der Waals surface area contributed by atoms with Crippen LogP contribution in [0.3, 0.4) is 0 Å². The predicted octanol–water partition coefficient (Wildman–Crippen LogP) is -0.269. The molecule has 2 rings (SSSR count). The number of carbonyl (C=O) groups is 1. The minimum Gasteiger partial charge on any atom is -0.479 e. The fourth-order valence-corrected chi connectivity index (χ4v) is 1.35. The van der Waals surface area contributed by atoms with Crippen LogP contribution in [-0.2, 0) is 11.2 Å². The molecular weight excluding hydrogens is 212 g/mol. The predicted molar refractivity (Wildman–Crippen MR) is 53.6 cm³/mol. The van der Waals surface area contributed by atoms with Gasteiger partial charge in [-0.3, -0.25) is 0 Å². The molecule has 0 saturated carbocycles. The van der Waals surface area contributed by atoms with Crippen molar-refractivity contribution < 1.29 is 15.0 Å². The van der Waals surface area contributed by atoms with Gasteiger partial charge in [-0.25, -0.2) is 9.78 Å². The molecule has 84 valence electrons. The Bertz CT molecular complexity index is 534. The molecule has 2 aromatic heterocycles. The first-order valence-corrected chi connectivity index (χ1v) is 4.60. The van der Waals surface area contributed by atoms with E-state index < -0.39 is 11.6 Å². The number of hydrogen-bond donors (Lipinski definition) is 3. The number of rotatable bonds is 3. The second-order valence-corrected chi connectivity index (χ2v) is 3.77. The van der Waals surface area contributed by atoms with Crippen LogP contribution in [0.5, 0.6) is 0 Å². The number of fused-ring (bicyclic) bond motifs is 1. The summed E-state index contributed by atoms with van der Waals surface area (Å²) >= 11 is 0. The smallest absolute Gasteiger partial charge is 0.335 e. The van der Waals surface area contributed by atoms with Gasteiger partial charge >= 0.3 is 5.97 Å². The summed E-state index contributed by atoms with van der Waals surface area (Å²) in [7, 11) is 0. The Labute approximate surface area is 90.1 Å². The third-order valence-corrected chi connectivity index (χ3v) is 2.24. The molecule has 0 saturated heterocycles. The van der Waals surface area contributed by atoms with Gasteiger partial charge in [0.1, 0.15) is 5.52 Å². The maximum Gasteiger partial charge on any atom is 0.335 e. The normalized spacial score (nSPS) is 14.9. The molecular formula is C9H10N4O3. The van der Waals surface area contributed by atoms with Crippen LogP contribution < -0.4 is 0 Å². The third kappa shape index (κ3) is 1.84. The summed E-state index contributed by atoms with van der Waals surface area (Å²) in [5.41, 5.74) is -0.217. The quantitative estimate of drug-likeness (QED) is 0.659. The van der Waals surface area contributed by atoms with Crippen LogP contribution in [0.1, 0.15) is 12.5 Å². The lowest BCUT2D eigenvalue weighted by molar-refractivity contribution is -0.156. The van der Waals surface area contributed by atoms with Crippen molar-refractivity contribution in [3.8, 4) is 0 Å². The Morgan fingerprint density at radius 3 is 3.00 bits per heavy atom. The topological polar surface area (TPSA) is 112 Å². The number of carboxylic acids is 1. The van der Waals surface area contributed by atoms with Crippen molar-refractivity contribution in [1.29, 1.82) is 0 Å². The lowest BCUT2D eigenvalue weighted by Gasteiger charge is -2.17. The Balaban J connectivity index is 2.30. The Morgan fingerprint density at radius 2 is 2.31 bits per heavy atom. The molecule has 0 aliphatic rings. The zero-order valence-electron chi connectivity index (χ0n) is 8.51. The maximum absolute atomic E-state index is 10.7.